The van der Waals surface area contributed by atoms with Crippen molar-refractivity contribution in [2.45, 2.75) is 6.54 Å². The molecule has 0 aliphatic heterocycles. The number of nitrogens with one attached hydrogen (secondary N) is 1. The van der Waals surface area contributed by atoms with E-state index in [2.05, 4.69) is 5.32 Å². The Kier molecular flexibility index (Phi) is 5.06. The number of amides is 1. The third-order valence-electron chi connectivity index (χ3n) is 2.38. The third-order valence-corrected chi connectivity index (χ3v) is 2.62. The number of hydrogen-bond donors (Lipinski definition) is 2. The monoisotopic (exact) mass is 251 g/mol. The molecule has 0 bridgehead atoms. The highest BCUT2D eigenvalue weighted by Gasteiger charge is 2.05. The third kappa shape index (κ3) is 4.50. The Labute approximate surface area is 107 Å². The molecule has 1 aromatic rings. The van der Waals surface area contributed by atoms with Crippen molar-refractivity contribution in [2.75, 3.05) is 20.6 Å². The second kappa shape index (κ2) is 6.32. The van der Waals surface area contributed by atoms with E-state index in [1.807, 2.05) is 36.2 Å². The van der Waals surface area contributed by atoms with Crippen LogP contribution >= 0.6 is 12.2 Å². The Hall–Kier alpha value is -1.46. The van der Waals surface area contributed by atoms with E-state index >= 15 is 0 Å². The summed E-state index contributed by atoms with van der Waals surface area (Å²) in [7, 11) is 3.53. The molecule has 4 nitrogen and oxygen atoms in total. The van der Waals surface area contributed by atoms with Gasteiger partial charge in [-0.1, -0.05) is 36.5 Å². The van der Waals surface area contributed by atoms with Crippen molar-refractivity contribution < 1.29 is 4.79 Å². The van der Waals surface area contributed by atoms with Crippen molar-refractivity contribution in [3.05, 3.63) is 35.4 Å². The van der Waals surface area contributed by atoms with Gasteiger partial charge in [-0.05, 0) is 12.6 Å². The Bertz CT molecular complexity index is 403. The topological polar surface area (TPSA) is 58.4 Å². The number of likely N-dealkylation sites (N-methyl/N-ethyl adjacent to an activating group) is 2. The van der Waals surface area contributed by atoms with Crippen molar-refractivity contribution in [2.24, 2.45) is 5.73 Å². The van der Waals surface area contributed by atoms with Crippen LogP contribution in [-0.2, 0) is 11.3 Å². The Morgan fingerprint density at radius 3 is 2.47 bits per heavy atom. The zero-order valence-corrected chi connectivity index (χ0v) is 10.9. The minimum absolute atomic E-state index is 0.00672. The molecule has 0 aliphatic rings. The molecule has 0 aliphatic carbocycles. The average Bonchev–Trinajstić information content (AvgIpc) is 2.29. The first-order valence-corrected chi connectivity index (χ1v) is 5.71. The van der Waals surface area contributed by atoms with Crippen molar-refractivity contribution in [3.8, 4) is 0 Å². The molecule has 3 N–H and O–H groups in total. The van der Waals surface area contributed by atoms with Crippen LogP contribution < -0.4 is 11.1 Å². The molecule has 0 radical (unpaired) electrons. The van der Waals surface area contributed by atoms with Gasteiger partial charge >= 0.3 is 0 Å². The van der Waals surface area contributed by atoms with Crippen molar-refractivity contribution >= 4 is 23.1 Å². The molecule has 5 heteroatoms. The summed E-state index contributed by atoms with van der Waals surface area (Å²) in [4.78, 5) is 13.5. The van der Waals surface area contributed by atoms with Crippen LogP contribution in [0.1, 0.15) is 11.1 Å². The molecule has 0 saturated heterocycles. The fraction of sp³-hybridized carbons (Fsp3) is 0.333. The molecule has 0 spiro atoms. The Morgan fingerprint density at radius 1 is 1.41 bits per heavy atom. The predicted octanol–water partition coefficient (Wildman–Crippen LogP) is 0.499. The summed E-state index contributed by atoms with van der Waals surface area (Å²) in [6, 6.07) is 7.72. The number of hydrogen-bond acceptors (Lipinski definition) is 3. The molecular weight excluding hydrogens is 234 g/mol. The average molecular weight is 251 g/mol. The summed E-state index contributed by atoms with van der Waals surface area (Å²) in [5.41, 5.74) is 7.50. The zero-order valence-electron chi connectivity index (χ0n) is 10.1. The van der Waals surface area contributed by atoms with Crippen LogP contribution in [0, 0.1) is 0 Å². The highest BCUT2D eigenvalue weighted by Crippen LogP contribution is 2.06. The molecule has 92 valence electrons. The SMILES string of the molecule is CNC(=O)CN(C)Cc1ccc(C(N)=S)cc1. The largest absolute Gasteiger partial charge is 0.389 e. The van der Waals surface area contributed by atoms with E-state index < -0.39 is 0 Å². The summed E-state index contributed by atoms with van der Waals surface area (Å²) in [5.74, 6) is 0.00672. The first kappa shape index (κ1) is 13.6. The smallest absolute Gasteiger partial charge is 0.233 e. The van der Waals surface area contributed by atoms with Gasteiger partial charge in [0.25, 0.3) is 0 Å². The lowest BCUT2D eigenvalue weighted by atomic mass is 10.1. The molecule has 0 atom stereocenters. The van der Waals surface area contributed by atoms with Crippen LogP contribution in [0.5, 0.6) is 0 Å². The second-order valence-corrected chi connectivity index (χ2v) is 4.35. The van der Waals surface area contributed by atoms with E-state index in [1.165, 1.54) is 0 Å². The first-order chi connectivity index (χ1) is 8.02. The summed E-state index contributed by atoms with van der Waals surface area (Å²) < 4.78 is 0. The summed E-state index contributed by atoms with van der Waals surface area (Å²) in [6.07, 6.45) is 0. The number of nitrogens with two attached hydrogens (primary N) is 1. The molecule has 0 saturated carbocycles. The van der Waals surface area contributed by atoms with Gasteiger partial charge in [-0.25, -0.2) is 0 Å². The van der Waals surface area contributed by atoms with Crippen LogP contribution in [0.15, 0.2) is 24.3 Å². The quantitative estimate of drug-likeness (QED) is 0.748. The summed E-state index contributed by atoms with van der Waals surface area (Å²) in [5, 5.41) is 2.59. The Balaban J connectivity index is 2.57. The Morgan fingerprint density at radius 2 is 2.00 bits per heavy atom. The molecular formula is C12H17N3OS. The van der Waals surface area contributed by atoms with Crippen LogP contribution in [0.4, 0.5) is 0 Å². The number of rotatable bonds is 5. The normalized spacial score (nSPS) is 10.3. The maximum atomic E-state index is 11.2. The minimum atomic E-state index is 0.00672. The van der Waals surface area contributed by atoms with Crippen LogP contribution in [-0.4, -0.2) is 36.4 Å². The van der Waals surface area contributed by atoms with Gasteiger partial charge in [0, 0.05) is 19.2 Å². The summed E-state index contributed by atoms with van der Waals surface area (Å²) in [6.45, 7) is 1.10. The van der Waals surface area contributed by atoms with Gasteiger partial charge in [0.15, 0.2) is 0 Å². The number of carbonyl (C=O) groups is 1. The maximum absolute atomic E-state index is 11.2. The van der Waals surface area contributed by atoms with Gasteiger partial charge in [-0.3, -0.25) is 9.69 Å². The molecule has 0 aromatic heterocycles. The molecule has 1 rings (SSSR count). The van der Waals surface area contributed by atoms with Gasteiger partial charge in [0.1, 0.15) is 4.99 Å². The van der Waals surface area contributed by atoms with E-state index in [1.54, 1.807) is 7.05 Å². The highest BCUT2D eigenvalue weighted by atomic mass is 32.1. The lowest BCUT2D eigenvalue weighted by molar-refractivity contribution is -0.121. The van der Waals surface area contributed by atoms with Crippen molar-refractivity contribution in [1.82, 2.24) is 10.2 Å². The second-order valence-electron chi connectivity index (χ2n) is 3.91. The fourth-order valence-electron chi connectivity index (χ4n) is 1.47. The number of carbonyl (C=O) groups excluding carboxylic acids is 1. The van der Waals surface area contributed by atoms with E-state index in [0.717, 1.165) is 11.1 Å². The molecule has 0 fully saturated rings. The zero-order chi connectivity index (χ0) is 12.8. The van der Waals surface area contributed by atoms with Gasteiger partial charge < -0.3 is 11.1 Å². The standard InChI is InChI=1S/C12H17N3OS/c1-14-11(16)8-15(2)7-9-3-5-10(6-4-9)12(13)17/h3-6H,7-8H2,1-2H3,(H2,13,17)(H,14,16). The van der Waals surface area contributed by atoms with Crippen LogP contribution in [0.3, 0.4) is 0 Å². The lowest BCUT2D eigenvalue weighted by Crippen LogP contribution is -2.32. The van der Waals surface area contributed by atoms with E-state index in [9.17, 15) is 4.79 Å². The van der Waals surface area contributed by atoms with E-state index in [4.69, 9.17) is 18.0 Å². The van der Waals surface area contributed by atoms with E-state index in [-0.39, 0.29) is 5.91 Å². The minimum Gasteiger partial charge on any atom is -0.389 e. The molecule has 1 amide bonds. The van der Waals surface area contributed by atoms with Crippen LogP contribution in [0.2, 0.25) is 0 Å². The van der Waals surface area contributed by atoms with E-state index in [0.29, 0.717) is 18.1 Å². The predicted molar refractivity (Wildman–Crippen MR) is 72.7 cm³/mol. The molecule has 1 aromatic carbocycles. The molecule has 0 heterocycles. The number of benzene rings is 1. The number of thiocarbonyl (C=S) groups is 1. The van der Waals surface area contributed by atoms with Gasteiger partial charge in [0.05, 0.1) is 6.54 Å². The lowest BCUT2D eigenvalue weighted by Gasteiger charge is -2.15. The van der Waals surface area contributed by atoms with Crippen LogP contribution in [0.25, 0.3) is 0 Å². The summed E-state index contributed by atoms with van der Waals surface area (Å²) >= 11 is 4.88. The highest BCUT2D eigenvalue weighted by molar-refractivity contribution is 7.80. The van der Waals surface area contributed by atoms with Crippen molar-refractivity contribution in [1.29, 1.82) is 0 Å². The van der Waals surface area contributed by atoms with Gasteiger partial charge in [-0.2, -0.15) is 0 Å². The fourth-order valence-corrected chi connectivity index (χ4v) is 1.60. The molecule has 17 heavy (non-hydrogen) atoms. The van der Waals surface area contributed by atoms with Gasteiger partial charge in [-0.15, -0.1) is 0 Å². The first-order valence-electron chi connectivity index (χ1n) is 5.31. The maximum Gasteiger partial charge on any atom is 0.233 e. The van der Waals surface area contributed by atoms with Gasteiger partial charge in [0.2, 0.25) is 5.91 Å². The van der Waals surface area contributed by atoms with Crippen molar-refractivity contribution in [3.63, 3.8) is 0 Å². The number of nitrogens with zero attached hydrogens (tertiary/aromatic N) is 1. The molecule has 0 unspecified atom stereocenters.